The number of piperazine rings is 1. The van der Waals surface area contributed by atoms with Crippen LogP contribution >= 0.6 is 27.7 Å². The van der Waals surface area contributed by atoms with Crippen LogP contribution in [0.25, 0.3) is 17.4 Å². The maximum atomic E-state index is 12.9. The summed E-state index contributed by atoms with van der Waals surface area (Å²) in [5.74, 6) is 0.412. The van der Waals surface area contributed by atoms with Gasteiger partial charge in [0.25, 0.3) is 11.1 Å². The Labute approximate surface area is 221 Å². The van der Waals surface area contributed by atoms with Gasteiger partial charge in [-0.3, -0.25) is 19.3 Å². The van der Waals surface area contributed by atoms with Crippen LogP contribution in [0.5, 0.6) is 0 Å². The van der Waals surface area contributed by atoms with Crippen molar-refractivity contribution < 1.29 is 18.8 Å². The summed E-state index contributed by atoms with van der Waals surface area (Å²) >= 11 is 4.38. The first-order chi connectivity index (χ1) is 17.4. The van der Waals surface area contributed by atoms with Crippen molar-refractivity contribution in [3.05, 3.63) is 81.4 Å². The number of halogens is 1. The average Bonchev–Trinajstić information content (AvgIpc) is 3.44. The van der Waals surface area contributed by atoms with E-state index in [1.165, 1.54) is 0 Å². The van der Waals surface area contributed by atoms with E-state index in [1.807, 2.05) is 61.5 Å². The third kappa shape index (κ3) is 5.12. The highest BCUT2D eigenvalue weighted by Gasteiger charge is 2.37. The Morgan fingerprint density at radius 3 is 2.50 bits per heavy atom. The number of hydrogen-bond acceptors (Lipinski definition) is 6. The summed E-state index contributed by atoms with van der Waals surface area (Å²) in [5.41, 5.74) is 3.14. The molecule has 7 nitrogen and oxygen atoms in total. The summed E-state index contributed by atoms with van der Waals surface area (Å²) < 4.78 is 6.82. The number of carbonyl (C=O) groups excluding carboxylic acids is 3. The van der Waals surface area contributed by atoms with Gasteiger partial charge in [0.2, 0.25) is 5.91 Å². The van der Waals surface area contributed by atoms with Crippen molar-refractivity contribution in [2.45, 2.75) is 6.92 Å². The van der Waals surface area contributed by atoms with E-state index in [0.29, 0.717) is 37.7 Å². The topological polar surface area (TPSA) is 74.1 Å². The standard InChI is InChI=1S/C27H24BrN3O4S/c1-18-7-9-21(22(28)15-18)23-10-8-20(35-23)16-24-26(33)31(27(34)36-24)17-25(32)30-13-11-29(12-14-30)19-5-3-2-4-6-19/h2-10,15-16H,11-14,17H2,1H3/b24-16-. The SMILES string of the molecule is Cc1ccc(-c2ccc(/C=C3\SC(=O)N(CC(=O)N4CCN(c5ccccc5)CC4)C3=O)o2)c(Br)c1. The van der Waals surface area contributed by atoms with Gasteiger partial charge in [0, 0.05) is 48.0 Å². The molecule has 2 aromatic carbocycles. The van der Waals surface area contributed by atoms with E-state index in [9.17, 15) is 14.4 Å². The van der Waals surface area contributed by atoms with E-state index in [-0.39, 0.29) is 17.4 Å². The molecule has 2 saturated heterocycles. The zero-order chi connectivity index (χ0) is 25.2. The molecule has 0 bridgehead atoms. The Morgan fingerprint density at radius 2 is 1.78 bits per heavy atom. The molecular weight excluding hydrogens is 542 g/mol. The molecule has 3 aromatic rings. The van der Waals surface area contributed by atoms with Crippen molar-refractivity contribution in [2.24, 2.45) is 0 Å². The van der Waals surface area contributed by atoms with E-state index in [2.05, 4.69) is 20.8 Å². The Hall–Kier alpha value is -3.30. The van der Waals surface area contributed by atoms with Crippen LogP contribution < -0.4 is 4.90 Å². The maximum absolute atomic E-state index is 12.9. The zero-order valence-corrected chi connectivity index (χ0v) is 22.0. The van der Waals surface area contributed by atoms with E-state index < -0.39 is 11.1 Å². The number of imide groups is 1. The predicted molar refractivity (Wildman–Crippen MR) is 144 cm³/mol. The van der Waals surface area contributed by atoms with Crippen molar-refractivity contribution in [3.8, 4) is 11.3 Å². The molecule has 0 N–H and O–H groups in total. The first-order valence-corrected chi connectivity index (χ1v) is 13.2. The van der Waals surface area contributed by atoms with E-state index in [0.717, 1.165) is 37.9 Å². The minimum Gasteiger partial charge on any atom is -0.457 e. The van der Waals surface area contributed by atoms with Gasteiger partial charge in [-0.15, -0.1) is 0 Å². The van der Waals surface area contributed by atoms with Crippen LogP contribution in [0.1, 0.15) is 11.3 Å². The van der Waals surface area contributed by atoms with Crippen LogP contribution in [0, 0.1) is 6.92 Å². The van der Waals surface area contributed by atoms with Gasteiger partial charge in [0.05, 0.1) is 4.91 Å². The van der Waals surface area contributed by atoms with Crippen LogP contribution in [0.3, 0.4) is 0 Å². The van der Waals surface area contributed by atoms with E-state index in [4.69, 9.17) is 4.42 Å². The lowest BCUT2D eigenvalue weighted by Gasteiger charge is -2.36. The number of anilines is 1. The van der Waals surface area contributed by atoms with Crippen LogP contribution in [-0.4, -0.2) is 59.6 Å². The first-order valence-electron chi connectivity index (χ1n) is 11.6. The van der Waals surface area contributed by atoms with Gasteiger partial charge < -0.3 is 14.2 Å². The fourth-order valence-electron chi connectivity index (χ4n) is 4.25. The Morgan fingerprint density at radius 1 is 1.03 bits per heavy atom. The molecule has 0 spiro atoms. The first kappa shape index (κ1) is 24.4. The minimum atomic E-state index is -0.476. The highest BCUT2D eigenvalue weighted by molar-refractivity contribution is 9.10. The monoisotopic (exact) mass is 565 g/mol. The molecule has 2 aliphatic rings. The number of hydrogen-bond donors (Lipinski definition) is 0. The Kier molecular flexibility index (Phi) is 7.02. The minimum absolute atomic E-state index is 0.226. The second-order valence-corrected chi connectivity index (χ2v) is 10.5. The summed E-state index contributed by atoms with van der Waals surface area (Å²) in [7, 11) is 0. The zero-order valence-electron chi connectivity index (χ0n) is 19.6. The highest BCUT2D eigenvalue weighted by Crippen LogP contribution is 2.35. The molecule has 0 atom stereocenters. The molecule has 184 valence electrons. The molecule has 0 aliphatic carbocycles. The number of aryl methyl sites for hydroxylation is 1. The predicted octanol–water partition coefficient (Wildman–Crippen LogP) is 5.40. The van der Waals surface area contributed by atoms with Gasteiger partial charge in [-0.05, 0) is 60.6 Å². The number of para-hydroxylation sites is 1. The van der Waals surface area contributed by atoms with E-state index in [1.54, 1.807) is 17.0 Å². The van der Waals surface area contributed by atoms with Crippen LogP contribution in [0.15, 0.2) is 74.5 Å². The smallest absolute Gasteiger partial charge is 0.294 e. The van der Waals surface area contributed by atoms with Crippen molar-refractivity contribution in [2.75, 3.05) is 37.6 Å². The molecule has 1 aromatic heterocycles. The maximum Gasteiger partial charge on any atom is 0.294 e. The lowest BCUT2D eigenvalue weighted by atomic mass is 10.1. The average molecular weight is 566 g/mol. The summed E-state index contributed by atoms with van der Waals surface area (Å²) in [5, 5.41) is -0.449. The molecule has 3 heterocycles. The van der Waals surface area contributed by atoms with Gasteiger partial charge in [0.15, 0.2) is 0 Å². The number of carbonyl (C=O) groups is 3. The third-order valence-electron chi connectivity index (χ3n) is 6.21. The van der Waals surface area contributed by atoms with Crippen molar-refractivity contribution in [3.63, 3.8) is 0 Å². The second kappa shape index (κ2) is 10.4. The fraction of sp³-hybridized carbons (Fsp3) is 0.222. The molecule has 36 heavy (non-hydrogen) atoms. The molecule has 0 saturated carbocycles. The van der Waals surface area contributed by atoms with Crippen LogP contribution in [-0.2, 0) is 9.59 Å². The van der Waals surface area contributed by atoms with Gasteiger partial charge in [-0.1, -0.05) is 40.2 Å². The van der Waals surface area contributed by atoms with Crippen molar-refractivity contribution in [1.82, 2.24) is 9.80 Å². The summed E-state index contributed by atoms with van der Waals surface area (Å²) in [4.78, 5) is 43.6. The fourth-order valence-corrected chi connectivity index (χ4v) is 5.76. The number of nitrogens with zero attached hydrogens (tertiary/aromatic N) is 3. The summed E-state index contributed by atoms with van der Waals surface area (Å²) in [6.07, 6.45) is 1.56. The third-order valence-corrected chi connectivity index (χ3v) is 7.77. The number of thioether (sulfide) groups is 1. The molecule has 0 radical (unpaired) electrons. The van der Waals surface area contributed by atoms with Crippen LogP contribution in [0.2, 0.25) is 0 Å². The number of furan rings is 1. The van der Waals surface area contributed by atoms with Gasteiger partial charge in [-0.2, -0.15) is 0 Å². The van der Waals surface area contributed by atoms with Gasteiger partial charge in [-0.25, -0.2) is 0 Å². The van der Waals surface area contributed by atoms with Crippen molar-refractivity contribution in [1.29, 1.82) is 0 Å². The molecule has 5 rings (SSSR count). The quantitative estimate of drug-likeness (QED) is 0.385. The molecule has 2 aliphatic heterocycles. The van der Waals surface area contributed by atoms with Crippen molar-refractivity contribution >= 4 is 56.5 Å². The number of amides is 3. The Bertz CT molecular complexity index is 1350. The van der Waals surface area contributed by atoms with Gasteiger partial charge >= 0.3 is 0 Å². The number of rotatable bonds is 5. The molecule has 3 amide bonds. The van der Waals surface area contributed by atoms with E-state index >= 15 is 0 Å². The second-order valence-electron chi connectivity index (χ2n) is 8.66. The highest BCUT2D eigenvalue weighted by atomic mass is 79.9. The summed E-state index contributed by atoms with van der Waals surface area (Å²) in [6.45, 7) is 4.25. The van der Waals surface area contributed by atoms with Gasteiger partial charge in [0.1, 0.15) is 18.1 Å². The van der Waals surface area contributed by atoms with Crippen LogP contribution in [0.4, 0.5) is 10.5 Å². The molecular formula is C27H24BrN3O4S. The lowest BCUT2D eigenvalue weighted by molar-refractivity contribution is -0.136. The summed E-state index contributed by atoms with van der Waals surface area (Å²) in [6, 6.07) is 19.6. The molecule has 0 unspecified atom stereocenters. The lowest BCUT2D eigenvalue weighted by Crippen LogP contribution is -2.51. The largest absolute Gasteiger partial charge is 0.457 e. The normalized spacial score (nSPS) is 17.4. The molecule has 9 heteroatoms. The number of benzene rings is 2. The Balaban J connectivity index is 1.22. The molecule has 2 fully saturated rings.